The molecule has 3 heteroatoms. The quantitative estimate of drug-likeness (QED) is 0.580. The molecule has 0 aromatic carbocycles. The zero-order valence-corrected chi connectivity index (χ0v) is 13.8. The molecule has 0 spiro atoms. The van der Waals surface area contributed by atoms with Gasteiger partial charge in [0.15, 0.2) is 0 Å². The van der Waals surface area contributed by atoms with Crippen molar-refractivity contribution in [2.75, 3.05) is 0 Å². The van der Waals surface area contributed by atoms with Crippen LogP contribution in [0.4, 0.5) is 8.78 Å². The zero-order chi connectivity index (χ0) is 15.7. The van der Waals surface area contributed by atoms with Crippen LogP contribution < -0.4 is 0 Å². The van der Waals surface area contributed by atoms with Gasteiger partial charge in [-0.15, -0.1) is 0 Å². The number of rotatable bonds is 2. The molecule has 2 unspecified atom stereocenters. The first kappa shape index (κ1) is 16.2. The maximum Gasteiger partial charge on any atom is 0.379 e. The van der Waals surface area contributed by atoms with E-state index in [-0.39, 0.29) is 11.7 Å². The van der Waals surface area contributed by atoms with Gasteiger partial charge < -0.3 is 4.74 Å². The summed E-state index contributed by atoms with van der Waals surface area (Å²) in [6, 6.07) is 0. The summed E-state index contributed by atoms with van der Waals surface area (Å²) in [5, 5.41) is 0. The minimum Gasteiger partial charge on any atom is -0.313 e. The highest BCUT2D eigenvalue weighted by Crippen LogP contribution is 2.43. The van der Waals surface area contributed by atoms with E-state index in [1.807, 2.05) is 0 Å². The minimum absolute atomic E-state index is 0.0711. The Morgan fingerprint density at radius 2 is 1.59 bits per heavy atom. The predicted octanol–water partition coefficient (Wildman–Crippen LogP) is 5.87. The van der Waals surface area contributed by atoms with E-state index in [2.05, 4.69) is 13.0 Å². The first-order valence-corrected chi connectivity index (χ1v) is 8.84. The number of hydrogen-bond donors (Lipinski definition) is 0. The fourth-order valence-corrected chi connectivity index (χ4v) is 4.43. The molecule has 1 fully saturated rings. The molecule has 3 rings (SSSR count). The monoisotopic (exact) mass is 310 g/mol. The standard InChI is InChI=1S/C19H28F2O/c1-13-3-6-15(7-4-13)16-8-10-17(11-9-16)18-12-5-14(2)19(20,21)22-18/h3,5,15-18H,4,6-12H2,1-2H3. The lowest BCUT2D eigenvalue weighted by Gasteiger charge is -2.40. The van der Waals surface area contributed by atoms with E-state index in [0.29, 0.717) is 12.3 Å². The van der Waals surface area contributed by atoms with Crippen molar-refractivity contribution in [2.45, 2.75) is 77.4 Å². The molecule has 0 N–H and O–H groups in total. The molecule has 1 nitrogen and oxygen atoms in total. The van der Waals surface area contributed by atoms with Gasteiger partial charge in [0.2, 0.25) is 0 Å². The molecule has 124 valence electrons. The van der Waals surface area contributed by atoms with Gasteiger partial charge in [0, 0.05) is 5.57 Å². The van der Waals surface area contributed by atoms with Gasteiger partial charge in [0.25, 0.3) is 0 Å². The highest BCUT2D eigenvalue weighted by atomic mass is 19.3. The van der Waals surface area contributed by atoms with Crippen LogP contribution in [-0.4, -0.2) is 12.2 Å². The normalized spacial score (nSPS) is 39.1. The van der Waals surface area contributed by atoms with Crippen LogP contribution in [0.3, 0.4) is 0 Å². The third-order valence-electron chi connectivity index (χ3n) is 6.10. The van der Waals surface area contributed by atoms with Crippen molar-refractivity contribution < 1.29 is 13.5 Å². The van der Waals surface area contributed by atoms with E-state index in [0.717, 1.165) is 24.7 Å². The van der Waals surface area contributed by atoms with Gasteiger partial charge in [0.1, 0.15) is 0 Å². The lowest BCUT2D eigenvalue weighted by molar-refractivity contribution is -0.253. The molecule has 22 heavy (non-hydrogen) atoms. The maximum absolute atomic E-state index is 13.7. The van der Waals surface area contributed by atoms with Gasteiger partial charge in [-0.2, -0.15) is 8.78 Å². The average molecular weight is 310 g/mol. The SMILES string of the molecule is CC1=CCC(C2CCC(C3CC=C(C)C(F)(F)O3)CC2)CC1. The molecule has 0 aromatic rings. The fraction of sp³-hybridized carbons (Fsp3) is 0.789. The van der Waals surface area contributed by atoms with Gasteiger partial charge in [-0.3, -0.25) is 0 Å². The van der Waals surface area contributed by atoms with Crippen molar-refractivity contribution in [3.05, 3.63) is 23.3 Å². The number of hydrogen-bond acceptors (Lipinski definition) is 1. The Morgan fingerprint density at radius 1 is 0.909 bits per heavy atom. The molecule has 0 aromatic heterocycles. The molecule has 1 saturated carbocycles. The summed E-state index contributed by atoms with van der Waals surface area (Å²) in [4.78, 5) is 0. The Hall–Kier alpha value is -0.700. The highest BCUT2D eigenvalue weighted by molar-refractivity contribution is 5.10. The summed E-state index contributed by atoms with van der Waals surface area (Å²) in [5.41, 5.74) is 1.60. The third kappa shape index (κ3) is 3.45. The molecule has 0 amide bonds. The van der Waals surface area contributed by atoms with Crippen LogP contribution in [0, 0.1) is 17.8 Å². The minimum atomic E-state index is -3.05. The van der Waals surface area contributed by atoms with Crippen molar-refractivity contribution in [1.82, 2.24) is 0 Å². The van der Waals surface area contributed by atoms with Crippen LogP contribution >= 0.6 is 0 Å². The molecule has 0 saturated heterocycles. The second-order valence-corrected chi connectivity index (χ2v) is 7.56. The second kappa shape index (κ2) is 6.43. The summed E-state index contributed by atoms with van der Waals surface area (Å²) in [7, 11) is 0. The Bertz CT molecular complexity index is 458. The van der Waals surface area contributed by atoms with E-state index < -0.39 is 6.11 Å². The average Bonchev–Trinajstić information content (AvgIpc) is 2.51. The largest absolute Gasteiger partial charge is 0.379 e. The van der Waals surface area contributed by atoms with E-state index in [1.165, 1.54) is 44.6 Å². The lowest BCUT2D eigenvalue weighted by Crippen LogP contribution is -2.39. The van der Waals surface area contributed by atoms with Crippen LogP contribution in [0.1, 0.15) is 65.2 Å². The molecule has 0 bridgehead atoms. The molecule has 1 aliphatic heterocycles. The van der Waals surface area contributed by atoms with Crippen molar-refractivity contribution >= 4 is 0 Å². The van der Waals surface area contributed by atoms with E-state index >= 15 is 0 Å². The molecule has 3 aliphatic rings. The Labute approximate surface area is 132 Å². The Balaban J connectivity index is 1.52. The zero-order valence-electron chi connectivity index (χ0n) is 13.8. The maximum atomic E-state index is 13.7. The van der Waals surface area contributed by atoms with Crippen LogP contribution in [0.5, 0.6) is 0 Å². The van der Waals surface area contributed by atoms with Crippen molar-refractivity contribution in [3.8, 4) is 0 Å². The fourth-order valence-electron chi connectivity index (χ4n) is 4.43. The molecule has 0 radical (unpaired) electrons. The van der Waals surface area contributed by atoms with Gasteiger partial charge >= 0.3 is 6.11 Å². The van der Waals surface area contributed by atoms with Gasteiger partial charge in [-0.05, 0) is 83.0 Å². The predicted molar refractivity (Wildman–Crippen MR) is 84.7 cm³/mol. The van der Waals surface area contributed by atoms with E-state index in [1.54, 1.807) is 6.08 Å². The van der Waals surface area contributed by atoms with Gasteiger partial charge in [-0.1, -0.05) is 17.7 Å². The van der Waals surface area contributed by atoms with Crippen LogP contribution in [0.15, 0.2) is 23.3 Å². The summed E-state index contributed by atoms with van der Waals surface area (Å²) in [6.07, 6.45) is 9.67. The van der Waals surface area contributed by atoms with Crippen LogP contribution in [0.2, 0.25) is 0 Å². The lowest BCUT2D eigenvalue weighted by atomic mass is 9.70. The highest BCUT2D eigenvalue weighted by Gasteiger charge is 2.42. The molecule has 2 atom stereocenters. The van der Waals surface area contributed by atoms with Crippen LogP contribution in [0.25, 0.3) is 0 Å². The van der Waals surface area contributed by atoms with E-state index in [4.69, 9.17) is 4.74 Å². The van der Waals surface area contributed by atoms with Crippen molar-refractivity contribution in [3.63, 3.8) is 0 Å². The third-order valence-corrected chi connectivity index (χ3v) is 6.10. The van der Waals surface area contributed by atoms with Gasteiger partial charge in [-0.25, -0.2) is 0 Å². The number of halogens is 2. The smallest absolute Gasteiger partial charge is 0.313 e. The summed E-state index contributed by atoms with van der Waals surface area (Å²) >= 11 is 0. The number of ether oxygens (including phenoxy) is 1. The molecule has 2 aliphatic carbocycles. The molecular formula is C19H28F2O. The van der Waals surface area contributed by atoms with Crippen molar-refractivity contribution in [2.24, 2.45) is 17.8 Å². The number of alkyl halides is 2. The summed E-state index contributed by atoms with van der Waals surface area (Å²) in [6.45, 7) is 3.69. The van der Waals surface area contributed by atoms with Crippen molar-refractivity contribution in [1.29, 1.82) is 0 Å². The topological polar surface area (TPSA) is 9.23 Å². The van der Waals surface area contributed by atoms with E-state index in [9.17, 15) is 8.78 Å². The Morgan fingerprint density at radius 3 is 2.18 bits per heavy atom. The van der Waals surface area contributed by atoms with Gasteiger partial charge in [0.05, 0.1) is 6.10 Å². The summed E-state index contributed by atoms with van der Waals surface area (Å²) in [5.74, 6) is 1.93. The summed E-state index contributed by atoms with van der Waals surface area (Å²) < 4.78 is 32.5. The Kier molecular flexibility index (Phi) is 4.72. The first-order chi connectivity index (χ1) is 10.5. The molecule has 1 heterocycles. The molecular weight excluding hydrogens is 282 g/mol. The second-order valence-electron chi connectivity index (χ2n) is 7.56. The number of allylic oxidation sites excluding steroid dienone is 2. The van der Waals surface area contributed by atoms with Crippen LogP contribution in [-0.2, 0) is 4.74 Å². The first-order valence-electron chi connectivity index (χ1n) is 8.84.